The van der Waals surface area contributed by atoms with Gasteiger partial charge in [0.05, 0.1) is 14.2 Å². The third-order valence-electron chi connectivity index (χ3n) is 2.52. The molecular formula is C14H17NO4. The number of rotatable bonds is 6. The first kappa shape index (κ1) is 14.8. The topological polar surface area (TPSA) is 55.8 Å². The van der Waals surface area contributed by atoms with Crippen LogP contribution < -0.4 is 9.64 Å². The van der Waals surface area contributed by atoms with Gasteiger partial charge in [0.2, 0.25) is 5.91 Å². The normalized spacial score (nSPS) is 9.58. The van der Waals surface area contributed by atoms with Crippen LogP contribution in [0.15, 0.2) is 36.9 Å². The van der Waals surface area contributed by atoms with Gasteiger partial charge < -0.3 is 14.4 Å². The van der Waals surface area contributed by atoms with Crippen molar-refractivity contribution in [3.05, 3.63) is 36.9 Å². The second kappa shape index (κ2) is 7.20. The van der Waals surface area contributed by atoms with Crippen LogP contribution in [0.4, 0.5) is 5.69 Å². The van der Waals surface area contributed by atoms with Crippen molar-refractivity contribution in [3.8, 4) is 5.75 Å². The minimum absolute atomic E-state index is 0.295. The monoisotopic (exact) mass is 263 g/mol. The first-order chi connectivity index (χ1) is 9.12. The predicted molar refractivity (Wildman–Crippen MR) is 72.2 cm³/mol. The fourth-order valence-corrected chi connectivity index (χ4v) is 1.53. The van der Waals surface area contributed by atoms with Gasteiger partial charge in [-0.2, -0.15) is 0 Å². The van der Waals surface area contributed by atoms with E-state index in [4.69, 9.17) is 4.74 Å². The zero-order valence-corrected chi connectivity index (χ0v) is 11.1. The number of hydrogen-bond donors (Lipinski definition) is 0. The lowest BCUT2D eigenvalue weighted by Gasteiger charge is -2.21. The van der Waals surface area contributed by atoms with Crippen LogP contribution in [0.3, 0.4) is 0 Å². The van der Waals surface area contributed by atoms with Crippen LogP contribution >= 0.6 is 0 Å². The third kappa shape index (κ3) is 4.13. The van der Waals surface area contributed by atoms with E-state index in [0.717, 1.165) is 0 Å². The number of amides is 1. The van der Waals surface area contributed by atoms with Gasteiger partial charge in [-0.1, -0.05) is 6.08 Å². The quantitative estimate of drug-likeness (QED) is 0.446. The van der Waals surface area contributed by atoms with Gasteiger partial charge in [0.1, 0.15) is 12.2 Å². The Hall–Kier alpha value is -2.30. The lowest BCUT2D eigenvalue weighted by atomic mass is 10.2. The molecule has 0 aliphatic rings. The van der Waals surface area contributed by atoms with Crippen molar-refractivity contribution in [2.45, 2.75) is 6.42 Å². The highest BCUT2D eigenvalue weighted by Gasteiger charge is 2.18. The van der Waals surface area contributed by atoms with E-state index in [9.17, 15) is 9.59 Å². The molecule has 1 aromatic carbocycles. The molecule has 0 saturated heterocycles. The molecule has 0 bridgehead atoms. The van der Waals surface area contributed by atoms with Gasteiger partial charge in [0, 0.05) is 12.2 Å². The minimum Gasteiger partial charge on any atom is -0.497 e. The van der Waals surface area contributed by atoms with E-state index in [1.807, 2.05) is 0 Å². The number of ether oxygens (including phenoxy) is 2. The van der Waals surface area contributed by atoms with Gasteiger partial charge in [0.15, 0.2) is 0 Å². The average Bonchev–Trinajstić information content (AvgIpc) is 2.44. The number of nitrogens with zero attached hydrogens (tertiary/aromatic N) is 1. The molecule has 0 unspecified atom stereocenters. The van der Waals surface area contributed by atoms with Crippen LogP contribution in [-0.4, -0.2) is 32.6 Å². The van der Waals surface area contributed by atoms with Crippen LogP contribution in [0.25, 0.3) is 0 Å². The number of benzene rings is 1. The molecule has 102 valence electrons. The molecule has 0 fully saturated rings. The summed E-state index contributed by atoms with van der Waals surface area (Å²) in [6.45, 7) is 3.93. The fourth-order valence-electron chi connectivity index (χ4n) is 1.53. The summed E-state index contributed by atoms with van der Waals surface area (Å²) in [5.41, 5.74) is 0.676. The highest BCUT2D eigenvalue weighted by Crippen LogP contribution is 2.20. The molecule has 0 aromatic heterocycles. The smallest absolute Gasteiger partial charge is 0.315 e. The highest BCUT2D eigenvalue weighted by molar-refractivity contribution is 6.03. The standard InChI is InChI=1S/C14H17NO4/c1-4-9-15(13(16)10-14(17)19-3)11-5-7-12(18-2)8-6-11/h4-8H,1,9-10H2,2-3H3. The SMILES string of the molecule is C=CCN(C(=O)CC(=O)OC)c1ccc(OC)cc1. The first-order valence-electron chi connectivity index (χ1n) is 5.74. The van der Waals surface area contributed by atoms with Gasteiger partial charge in [0.25, 0.3) is 0 Å². The van der Waals surface area contributed by atoms with Crippen LogP contribution in [-0.2, 0) is 14.3 Å². The van der Waals surface area contributed by atoms with E-state index in [1.165, 1.54) is 12.0 Å². The van der Waals surface area contributed by atoms with Crippen LogP contribution in [0, 0.1) is 0 Å². The predicted octanol–water partition coefficient (Wildman–Crippen LogP) is 1.78. The highest BCUT2D eigenvalue weighted by atomic mass is 16.5. The summed E-state index contributed by atoms with van der Waals surface area (Å²) < 4.78 is 9.54. The molecule has 0 atom stereocenters. The summed E-state index contributed by atoms with van der Waals surface area (Å²) in [6.07, 6.45) is 1.30. The molecular weight excluding hydrogens is 246 g/mol. The van der Waals surface area contributed by atoms with E-state index in [1.54, 1.807) is 37.5 Å². The Bertz CT molecular complexity index is 453. The minimum atomic E-state index is -0.562. The molecule has 1 amide bonds. The summed E-state index contributed by atoms with van der Waals surface area (Å²) in [5.74, 6) is -0.202. The number of hydrogen-bond acceptors (Lipinski definition) is 4. The van der Waals surface area contributed by atoms with E-state index >= 15 is 0 Å². The van der Waals surface area contributed by atoms with Crippen LogP contribution in [0.5, 0.6) is 5.75 Å². The summed E-state index contributed by atoms with van der Waals surface area (Å²) in [6, 6.07) is 6.99. The second-order valence-electron chi connectivity index (χ2n) is 3.74. The van der Waals surface area contributed by atoms with E-state index in [2.05, 4.69) is 11.3 Å². The van der Waals surface area contributed by atoms with Gasteiger partial charge in [-0.25, -0.2) is 0 Å². The average molecular weight is 263 g/mol. The molecule has 1 aromatic rings. The van der Waals surface area contributed by atoms with Gasteiger partial charge in [-0.15, -0.1) is 6.58 Å². The van der Waals surface area contributed by atoms with E-state index in [-0.39, 0.29) is 12.3 Å². The molecule has 0 N–H and O–H groups in total. The number of carbonyl (C=O) groups excluding carboxylic acids is 2. The molecule has 19 heavy (non-hydrogen) atoms. The number of methoxy groups -OCH3 is 2. The van der Waals surface area contributed by atoms with Crippen molar-refractivity contribution in [2.75, 3.05) is 25.7 Å². The summed E-state index contributed by atoms with van der Waals surface area (Å²) in [5, 5.41) is 0. The molecule has 5 nitrogen and oxygen atoms in total. The molecule has 1 rings (SSSR count). The Balaban J connectivity index is 2.88. The van der Waals surface area contributed by atoms with Crippen molar-refractivity contribution in [1.82, 2.24) is 0 Å². The second-order valence-corrected chi connectivity index (χ2v) is 3.74. The Morgan fingerprint density at radius 3 is 2.37 bits per heavy atom. The molecule has 5 heteroatoms. The Labute approximate surface area is 112 Å². The van der Waals surface area contributed by atoms with Crippen LogP contribution in [0.2, 0.25) is 0 Å². The summed E-state index contributed by atoms with van der Waals surface area (Å²) in [4.78, 5) is 24.6. The number of esters is 1. The summed E-state index contributed by atoms with van der Waals surface area (Å²) >= 11 is 0. The number of carbonyl (C=O) groups is 2. The van der Waals surface area contributed by atoms with E-state index < -0.39 is 5.97 Å². The molecule has 0 aliphatic carbocycles. The maximum absolute atomic E-state index is 12.0. The lowest BCUT2D eigenvalue weighted by Crippen LogP contribution is -2.32. The van der Waals surface area contributed by atoms with Crippen molar-refractivity contribution >= 4 is 17.6 Å². The van der Waals surface area contributed by atoms with Gasteiger partial charge in [-0.05, 0) is 24.3 Å². The van der Waals surface area contributed by atoms with Crippen molar-refractivity contribution in [3.63, 3.8) is 0 Å². The largest absolute Gasteiger partial charge is 0.497 e. The maximum atomic E-state index is 12.0. The van der Waals surface area contributed by atoms with Crippen LogP contribution in [0.1, 0.15) is 6.42 Å². The van der Waals surface area contributed by atoms with E-state index in [0.29, 0.717) is 18.0 Å². The van der Waals surface area contributed by atoms with Gasteiger partial charge in [-0.3, -0.25) is 9.59 Å². The zero-order chi connectivity index (χ0) is 14.3. The molecule has 0 aliphatic heterocycles. The molecule has 0 radical (unpaired) electrons. The fraction of sp³-hybridized carbons (Fsp3) is 0.286. The lowest BCUT2D eigenvalue weighted by molar-refractivity contribution is -0.143. The Morgan fingerprint density at radius 1 is 1.26 bits per heavy atom. The third-order valence-corrected chi connectivity index (χ3v) is 2.52. The summed E-state index contributed by atoms with van der Waals surface area (Å²) in [7, 11) is 2.82. The number of anilines is 1. The van der Waals surface area contributed by atoms with Crippen molar-refractivity contribution in [2.24, 2.45) is 0 Å². The molecule has 0 spiro atoms. The van der Waals surface area contributed by atoms with Crippen molar-refractivity contribution in [1.29, 1.82) is 0 Å². The maximum Gasteiger partial charge on any atom is 0.315 e. The Morgan fingerprint density at radius 2 is 1.89 bits per heavy atom. The Kier molecular flexibility index (Phi) is 5.60. The van der Waals surface area contributed by atoms with Gasteiger partial charge >= 0.3 is 5.97 Å². The molecule has 0 heterocycles. The molecule has 0 saturated carbocycles. The van der Waals surface area contributed by atoms with Crippen molar-refractivity contribution < 1.29 is 19.1 Å². The first-order valence-corrected chi connectivity index (χ1v) is 5.74. The zero-order valence-electron chi connectivity index (χ0n) is 11.1.